The zero-order chi connectivity index (χ0) is 13.0. The van der Waals surface area contributed by atoms with E-state index in [0.717, 1.165) is 12.4 Å². The molecule has 18 heavy (non-hydrogen) atoms. The number of aromatic nitrogens is 1. The van der Waals surface area contributed by atoms with Crippen LogP contribution in [-0.2, 0) is 0 Å². The maximum Gasteiger partial charge on any atom is 0.128 e. The van der Waals surface area contributed by atoms with Gasteiger partial charge in [-0.2, -0.15) is 0 Å². The Labute approximate surface area is 119 Å². The number of nitrogens with zero attached hydrogens (tertiary/aromatic N) is 2. The number of rotatable bonds is 3. The lowest BCUT2D eigenvalue weighted by Gasteiger charge is -2.32. The summed E-state index contributed by atoms with van der Waals surface area (Å²) in [5, 5.41) is 0. The lowest BCUT2D eigenvalue weighted by atomic mass is 10.0. The van der Waals surface area contributed by atoms with Crippen LogP contribution in [-0.4, -0.2) is 22.4 Å². The van der Waals surface area contributed by atoms with Crippen molar-refractivity contribution in [2.24, 2.45) is 0 Å². The monoisotopic (exact) mass is 310 g/mol. The van der Waals surface area contributed by atoms with E-state index in [1.807, 2.05) is 6.20 Å². The Kier molecular flexibility index (Phi) is 5.04. The Morgan fingerprint density at radius 2 is 2.28 bits per heavy atom. The summed E-state index contributed by atoms with van der Waals surface area (Å²) in [5.74, 6) is 1.16. The zero-order valence-corrected chi connectivity index (χ0v) is 13.0. The average molecular weight is 311 g/mol. The van der Waals surface area contributed by atoms with Crippen molar-refractivity contribution < 1.29 is 0 Å². The molecule has 1 aromatic rings. The van der Waals surface area contributed by atoms with Gasteiger partial charge in [0.1, 0.15) is 5.82 Å². The van der Waals surface area contributed by atoms with E-state index in [9.17, 15) is 0 Å². The Morgan fingerprint density at radius 3 is 3.00 bits per heavy atom. The molecule has 2 atom stereocenters. The van der Waals surface area contributed by atoms with Crippen molar-refractivity contribution >= 4 is 21.7 Å². The van der Waals surface area contributed by atoms with Crippen LogP contribution < -0.4 is 4.90 Å². The number of aryl methyl sites for hydroxylation is 1. The highest BCUT2D eigenvalue weighted by atomic mass is 79.9. The molecule has 1 aliphatic heterocycles. The number of anilines is 1. The van der Waals surface area contributed by atoms with Crippen molar-refractivity contribution in [3.8, 4) is 0 Å². The van der Waals surface area contributed by atoms with Crippen molar-refractivity contribution in [2.75, 3.05) is 11.4 Å². The van der Waals surface area contributed by atoms with Gasteiger partial charge in [0, 0.05) is 23.6 Å². The van der Waals surface area contributed by atoms with Gasteiger partial charge in [0.15, 0.2) is 0 Å². The maximum atomic E-state index is 4.57. The molecule has 0 aliphatic carbocycles. The molecule has 0 aromatic carbocycles. The average Bonchev–Trinajstić information content (AvgIpc) is 2.54. The number of hydrogen-bond donors (Lipinski definition) is 0. The number of hydrogen-bond acceptors (Lipinski definition) is 2. The standard InChI is InChI=1S/C15H23BrN2/c1-12-7-8-17-15(10-12)18-9-5-3-4-6-14(18)11-13(2)16/h7-8,10,13-14H,3-6,9,11H2,1-2H3. The zero-order valence-electron chi connectivity index (χ0n) is 11.4. The number of halogens is 1. The van der Waals surface area contributed by atoms with Crippen molar-refractivity contribution in [2.45, 2.75) is 56.8 Å². The smallest absolute Gasteiger partial charge is 0.128 e. The molecule has 0 amide bonds. The molecule has 1 fully saturated rings. The predicted octanol–water partition coefficient (Wildman–Crippen LogP) is 4.31. The van der Waals surface area contributed by atoms with Gasteiger partial charge in [-0.1, -0.05) is 35.7 Å². The molecule has 3 heteroatoms. The van der Waals surface area contributed by atoms with E-state index in [2.05, 4.69) is 51.8 Å². The molecule has 0 saturated carbocycles. The third-order valence-electron chi connectivity index (χ3n) is 3.67. The second-order valence-corrected chi connectivity index (χ2v) is 6.97. The van der Waals surface area contributed by atoms with Crippen molar-refractivity contribution in [1.82, 2.24) is 4.98 Å². The van der Waals surface area contributed by atoms with E-state index in [-0.39, 0.29) is 0 Å². The molecule has 2 nitrogen and oxygen atoms in total. The van der Waals surface area contributed by atoms with E-state index in [1.54, 1.807) is 0 Å². The molecular formula is C15H23BrN2. The van der Waals surface area contributed by atoms with Gasteiger partial charge >= 0.3 is 0 Å². The number of alkyl halides is 1. The minimum absolute atomic E-state index is 0.577. The molecular weight excluding hydrogens is 288 g/mol. The van der Waals surface area contributed by atoms with Crippen LogP contribution in [0.1, 0.15) is 44.6 Å². The van der Waals surface area contributed by atoms with Crippen LogP contribution in [0.5, 0.6) is 0 Å². The molecule has 0 N–H and O–H groups in total. The first kappa shape index (κ1) is 13.9. The first-order valence-corrected chi connectivity index (χ1v) is 7.92. The van der Waals surface area contributed by atoms with Crippen molar-refractivity contribution in [3.63, 3.8) is 0 Å². The fourth-order valence-electron chi connectivity index (χ4n) is 2.78. The predicted molar refractivity (Wildman–Crippen MR) is 81.6 cm³/mol. The summed E-state index contributed by atoms with van der Waals surface area (Å²) in [6, 6.07) is 4.93. The summed E-state index contributed by atoms with van der Waals surface area (Å²) in [5.41, 5.74) is 1.30. The fourth-order valence-corrected chi connectivity index (χ4v) is 3.21. The van der Waals surface area contributed by atoms with Gasteiger partial charge in [0.05, 0.1) is 0 Å². The van der Waals surface area contributed by atoms with Crippen LogP contribution in [0.25, 0.3) is 0 Å². The minimum Gasteiger partial charge on any atom is -0.354 e. The SMILES string of the molecule is Cc1ccnc(N2CCCCCC2CC(C)Br)c1. The van der Waals surface area contributed by atoms with Crippen molar-refractivity contribution in [3.05, 3.63) is 23.9 Å². The highest BCUT2D eigenvalue weighted by Gasteiger charge is 2.23. The van der Waals surface area contributed by atoms with Crippen LogP contribution >= 0.6 is 15.9 Å². The van der Waals surface area contributed by atoms with E-state index in [1.165, 1.54) is 37.7 Å². The molecule has 0 bridgehead atoms. The molecule has 2 rings (SSSR count). The Balaban J connectivity index is 2.19. The molecule has 1 aromatic heterocycles. The molecule has 1 aliphatic rings. The Morgan fingerprint density at radius 1 is 1.44 bits per heavy atom. The van der Waals surface area contributed by atoms with Gasteiger partial charge in [-0.05, 0) is 43.9 Å². The Hall–Kier alpha value is -0.570. The van der Waals surface area contributed by atoms with Gasteiger partial charge in [0.2, 0.25) is 0 Å². The van der Waals surface area contributed by atoms with Crippen molar-refractivity contribution in [1.29, 1.82) is 0 Å². The topological polar surface area (TPSA) is 16.1 Å². The first-order valence-electron chi connectivity index (χ1n) is 7.00. The van der Waals surface area contributed by atoms with E-state index < -0.39 is 0 Å². The summed E-state index contributed by atoms with van der Waals surface area (Å²) < 4.78 is 0. The highest BCUT2D eigenvalue weighted by molar-refractivity contribution is 9.09. The summed E-state index contributed by atoms with van der Waals surface area (Å²) >= 11 is 3.70. The molecule has 1 saturated heterocycles. The van der Waals surface area contributed by atoms with Gasteiger partial charge in [-0.3, -0.25) is 0 Å². The number of pyridine rings is 1. The van der Waals surface area contributed by atoms with Crippen LogP contribution in [0.15, 0.2) is 18.3 Å². The van der Waals surface area contributed by atoms with E-state index in [0.29, 0.717) is 10.9 Å². The first-order chi connectivity index (χ1) is 8.66. The van der Waals surface area contributed by atoms with E-state index in [4.69, 9.17) is 0 Å². The van der Waals surface area contributed by atoms with Gasteiger partial charge in [-0.25, -0.2) is 4.98 Å². The summed E-state index contributed by atoms with van der Waals surface area (Å²) in [6.45, 7) is 5.54. The minimum atomic E-state index is 0.577. The van der Waals surface area contributed by atoms with Crippen LogP contribution in [0.4, 0.5) is 5.82 Å². The van der Waals surface area contributed by atoms with E-state index >= 15 is 0 Å². The van der Waals surface area contributed by atoms with Gasteiger partial charge in [0.25, 0.3) is 0 Å². The third kappa shape index (κ3) is 3.71. The molecule has 0 radical (unpaired) electrons. The second kappa shape index (κ2) is 6.55. The van der Waals surface area contributed by atoms with Gasteiger partial charge in [-0.15, -0.1) is 0 Å². The Bertz CT molecular complexity index is 379. The molecule has 0 spiro atoms. The molecule has 100 valence electrons. The fraction of sp³-hybridized carbons (Fsp3) is 0.667. The van der Waals surface area contributed by atoms with Crippen LogP contribution in [0.3, 0.4) is 0 Å². The van der Waals surface area contributed by atoms with Crippen LogP contribution in [0, 0.1) is 6.92 Å². The van der Waals surface area contributed by atoms with Crippen LogP contribution in [0.2, 0.25) is 0 Å². The third-order valence-corrected chi connectivity index (χ3v) is 4.04. The maximum absolute atomic E-state index is 4.57. The lowest BCUT2D eigenvalue weighted by Crippen LogP contribution is -2.36. The largest absolute Gasteiger partial charge is 0.354 e. The summed E-state index contributed by atoms with van der Waals surface area (Å²) in [4.78, 5) is 7.68. The lowest BCUT2D eigenvalue weighted by molar-refractivity contribution is 0.532. The highest BCUT2D eigenvalue weighted by Crippen LogP contribution is 2.27. The molecule has 2 unspecified atom stereocenters. The quantitative estimate of drug-likeness (QED) is 0.773. The summed E-state index contributed by atoms with van der Waals surface area (Å²) in [7, 11) is 0. The normalized spacial score (nSPS) is 22.6. The second-order valence-electron chi connectivity index (χ2n) is 5.40. The molecule has 2 heterocycles. The van der Waals surface area contributed by atoms with Gasteiger partial charge < -0.3 is 4.90 Å². The summed E-state index contributed by atoms with van der Waals surface area (Å²) in [6.07, 6.45) is 8.44.